The fraction of sp³-hybridized carbons (Fsp3) is 0.364. The lowest BCUT2D eigenvalue weighted by Gasteiger charge is -2.44. The van der Waals surface area contributed by atoms with Gasteiger partial charge in [-0.1, -0.05) is 0 Å². The lowest BCUT2D eigenvalue weighted by molar-refractivity contribution is -0.129. The van der Waals surface area contributed by atoms with E-state index in [9.17, 15) is 9.59 Å². The van der Waals surface area contributed by atoms with Crippen LogP contribution >= 0.6 is 0 Å². The number of methoxy groups -OCH3 is 2. The van der Waals surface area contributed by atoms with Gasteiger partial charge in [0, 0.05) is 44.1 Å². The first-order chi connectivity index (χ1) is 14.0. The first kappa shape index (κ1) is 19.1. The van der Waals surface area contributed by atoms with Crippen molar-refractivity contribution < 1.29 is 28.2 Å². The minimum Gasteiger partial charge on any atom is -0.496 e. The highest BCUT2D eigenvalue weighted by molar-refractivity contribution is 6.03. The summed E-state index contributed by atoms with van der Waals surface area (Å²) in [7, 11) is 3.08. The number of nitrogens with zero attached hydrogens (tertiary/aromatic N) is 1. The second-order valence-corrected chi connectivity index (χ2v) is 7.26. The number of rotatable bonds is 4. The van der Waals surface area contributed by atoms with Crippen molar-refractivity contribution in [1.29, 1.82) is 0 Å². The molecule has 2 aromatic rings. The van der Waals surface area contributed by atoms with Crippen LogP contribution in [0, 0.1) is 0 Å². The van der Waals surface area contributed by atoms with Gasteiger partial charge in [-0.15, -0.1) is 0 Å². The van der Waals surface area contributed by atoms with Crippen LogP contribution in [0.15, 0.2) is 41.0 Å². The molecule has 2 aliphatic rings. The van der Waals surface area contributed by atoms with Gasteiger partial charge in [-0.2, -0.15) is 0 Å². The number of amides is 1. The highest BCUT2D eigenvalue weighted by Gasteiger charge is 2.44. The SMILES string of the molecule is COc1cc(OC)c2c(c1)OC1(CCN(C(=O)/C=C/c3ccco3)CC1)CC2=O. The van der Waals surface area contributed by atoms with E-state index in [-0.39, 0.29) is 18.1 Å². The van der Waals surface area contributed by atoms with Crippen LogP contribution in [0.3, 0.4) is 0 Å². The van der Waals surface area contributed by atoms with Gasteiger partial charge in [0.05, 0.1) is 26.9 Å². The third kappa shape index (κ3) is 3.72. The number of piperidine rings is 1. The van der Waals surface area contributed by atoms with Crippen LogP contribution in [0.4, 0.5) is 0 Å². The van der Waals surface area contributed by atoms with Crippen molar-refractivity contribution in [3.05, 3.63) is 47.9 Å². The second kappa shape index (κ2) is 7.66. The van der Waals surface area contributed by atoms with Crippen LogP contribution in [0.1, 0.15) is 35.4 Å². The Morgan fingerprint density at radius 1 is 1.21 bits per heavy atom. The summed E-state index contributed by atoms with van der Waals surface area (Å²) < 4.78 is 22.2. The van der Waals surface area contributed by atoms with Gasteiger partial charge in [-0.05, 0) is 18.2 Å². The average Bonchev–Trinajstić information content (AvgIpc) is 3.25. The zero-order valence-corrected chi connectivity index (χ0v) is 16.5. The molecule has 1 aromatic carbocycles. The van der Waals surface area contributed by atoms with Gasteiger partial charge in [0.2, 0.25) is 5.91 Å². The van der Waals surface area contributed by atoms with Gasteiger partial charge in [0.15, 0.2) is 5.78 Å². The first-order valence-electron chi connectivity index (χ1n) is 9.52. The van der Waals surface area contributed by atoms with Gasteiger partial charge in [-0.25, -0.2) is 0 Å². The number of fused-ring (bicyclic) bond motifs is 1. The van der Waals surface area contributed by atoms with E-state index >= 15 is 0 Å². The molecule has 0 saturated carbocycles. The van der Waals surface area contributed by atoms with E-state index < -0.39 is 5.60 Å². The number of hydrogen-bond acceptors (Lipinski definition) is 6. The zero-order chi connectivity index (χ0) is 20.4. The van der Waals surface area contributed by atoms with Crippen molar-refractivity contribution in [3.8, 4) is 17.2 Å². The van der Waals surface area contributed by atoms with Crippen molar-refractivity contribution in [3.63, 3.8) is 0 Å². The standard InChI is InChI=1S/C22H23NO6/c1-26-16-12-18(27-2)21-17(24)14-22(29-19(21)13-16)7-9-23(10-8-22)20(25)6-5-15-4-3-11-28-15/h3-6,11-13H,7-10,14H2,1-2H3/b6-5+. The highest BCUT2D eigenvalue weighted by Crippen LogP contribution is 2.44. The molecule has 0 atom stereocenters. The van der Waals surface area contributed by atoms with Gasteiger partial charge in [0.1, 0.15) is 34.2 Å². The molecule has 0 unspecified atom stereocenters. The predicted octanol–water partition coefficient (Wildman–Crippen LogP) is 3.34. The molecule has 4 rings (SSSR count). The lowest BCUT2D eigenvalue weighted by atomic mass is 9.82. The van der Waals surface area contributed by atoms with Crippen LogP contribution in [0.2, 0.25) is 0 Å². The summed E-state index contributed by atoms with van der Waals surface area (Å²) in [4.78, 5) is 27.1. The summed E-state index contributed by atoms with van der Waals surface area (Å²) in [6.45, 7) is 1.04. The smallest absolute Gasteiger partial charge is 0.246 e. The largest absolute Gasteiger partial charge is 0.496 e. The summed E-state index contributed by atoms with van der Waals surface area (Å²) in [5.74, 6) is 2.05. The second-order valence-electron chi connectivity index (χ2n) is 7.26. The van der Waals surface area contributed by atoms with E-state index in [1.807, 2.05) is 0 Å². The molecule has 7 nitrogen and oxygen atoms in total. The molecule has 2 aliphatic heterocycles. The van der Waals surface area contributed by atoms with E-state index in [1.165, 1.54) is 13.2 Å². The summed E-state index contributed by atoms with van der Waals surface area (Å²) in [5, 5.41) is 0. The Balaban J connectivity index is 1.48. The summed E-state index contributed by atoms with van der Waals surface area (Å²) in [6.07, 6.45) is 6.16. The number of ketones is 1. The van der Waals surface area contributed by atoms with Crippen molar-refractivity contribution in [1.82, 2.24) is 4.90 Å². The molecular weight excluding hydrogens is 374 g/mol. The van der Waals surface area contributed by atoms with Crippen LogP contribution in [-0.4, -0.2) is 49.5 Å². The van der Waals surface area contributed by atoms with Gasteiger partial charge in [0.25, 0.3) is 0 Å². The molecule has 1 amide bonds. The minimum atomic E-state index is -0.608. The van der Waals surface area contributed by atoms with Crippen LogP contribution < -0.4 is 14.2 Å². The Labute approximate surface area is 168 Å². The normalized spacial score (nSPS) is 17.9. The number of Topliss-reactive ketones (excluding diaryl/α,β-unsaturated/α-hetero) is 1. The predicted molar refractivity (Wildman–Crippen MR) is 105 cm³/mol. The number of hydrogen-bond donors (Lipinski definition) is 0. The first-order valence-corrected chi connectivity index (χ1v) is 9.52. The van der Waals surface area contributed by atoms with E-state index in [0.717, 1.165) is 0 Å². The molecule has 1 spiro atoms. The summed E-state index contributed by atoms with van der Waals surface area (Å²) in [5.41, 5.74) is -0.151. The molecule has 0 radical (unpaired) electrons. The van der Waals surface area contributed by atoms with E-state index in [4.69, 9.17) is 18.6 Å². The van der Waals surface area contributed by atoms with E-state index in [2.05, 4.69) is 0 Å². The molecular formula is C22H23NO6. The van der Waals surface area contributed by atoms with E-state index in [0.29, 0.717) is 54.5 Å². The van der Waals surface area contributed by atoms with Gasteiger partial charge < -0.3 is 23.5 Å². The molecule has 0 aliphatic carbocycles. The number of carbonyl (C=O) groups is 2. The highest BCUT2D eigenvalue weighted by atomic mass is 16.5. The maximum Gasteiger partial charge on any atom is 0.246 e. The van der Waals surface area contributed by atoms with Crippen LogP contribution in [0.25, 0.3) is 6.08 Å². The molecule has 7 heteroatoms. The van der Waals surface area contributed by atoms with Crippen molar-refractivity contribution in [2.45, 2.75) is 24.9 Å². The minimum absolute atomic E-state index is 0.0109. The number of benzene rings is 1. The van der Waals surface area contributed by atoms with Gasteiger partial charge in [-0.3, -0.25) is 9.59 Å². The fourth-order valence-electron chi connectivity index (χ4n) is 3.91. The van der Waals surface area contributed by atoms with Gasteiger partial charge >= 0.3 is 0 Å². The number of likely N-dealkylation sites (tertiary alicyclic amines) is 1. The molecule has 1 aromatic heterocycles. The molecule has 29 heavy (non-hydrogen) atoms. The molecule has 0 bridgehead atoms. The quantitative estimate of drug-likeness (QED) is 0.737. The molecule has 0 N–H and O–H groups in total. The fourth-order valence-corrected chi connectivity index (χ4v) is 3.91. The maximum absolute atomic E-state index is 12.9. The van der Waals surface area contributed by atoms with Crippen LogP contribution in [0.5, 0.6) is 17.2 Å². The Morgan fingerprint density at radius 3 is 2.66 bits per heavy atom. The Bertz CT molecular complexity index is 938. The van der Waals surface area contributed by atoms with Crippen molar-refractivity contribution in [2.75, 3.05) is 27.3 Å². The number of carbonyl (C=O) groups excluding carboxylic acids is 2. The van der Waals surface area contributed by atoms with Crippen molar-refractivity contribution in [2.24, 2.45) is 0 Å². The number of furan rings is 1. The maximum atomic E-state index is 12.9. The third-order valence-electron chi connectivity index (χ3n) is 5.50. The Morgan fingerprint density at radius 2 is 2.00 bits per heavy atom. The molecule has 3 heterocycles. The molecule has 1 saturated heterocycles. The number of ether oxygens (including phenoxy) is 3. The summed E-state index contributed by atoms with van der Waals surface area (Å²) in [6, 6.07) is 6.97. The summed E-state index contributed by atoms with van der Waals surface area (Å²) >= 11 is 0. The van der Waals surface area contributed by atoms with Crippen LogP contribution in [-0.2, 0) is 4.79 Å². The molecule has 152 valence electrons. The monoisotopic (exact) mass is 397 g/mol. The topological polar surface area (TPSA) is 78.2 Å². The third-order valence-corrected chi connectivity index (χ3v) is 5.50. The van der Waals surface area contributed by atoms with Crippen molar-refractivity contribution >= 4 is 17.8 Å². The Kier molecular flexibility index (Phi) is 5.05. The lowest BCUT2D eigenvalue weighted by Crippen LogP contribution is -2.52. The average molecular weight is 397 g/mol. The Hall–Kier alpha value is -3.22. The molecule has 1 fully saturated rings. The zero-order valence-electron chi connectivity index (χ0n) is 16.5. The van der Waals surface area contributed by atoms with E-state index in [1.54, 1.807) is 48.6 Å².